The molecule has 0 unspecified atom stereocenters. The molecule has 4 nitrogen and oxygen atoms in total. The van der Waals surface area contributed by atoms with Gasteiger partial charge in [-0.25, -0.2) is 4.79 Å². The fraction of sp³-hybridized carbons (Fsp3) is 0.316. The molecule has 0 amide bonds. The van der Waals surface area contributed by atoms with E-state index in [1.54, 1.807) is 31.4 Å². The fourth-order valence-electron chi connectivity index (χ4n) is 2.29. The van der Waals surface area contributed by atoms with Crippen LogP contribution >= 0.6 is 15.9 Å². The molecule has 1 N–H and O–H groups in total. The van der Waals surface area contributed by atoms with Crippen LogP contribution in [0.25, 0.3) is 0 Å². The molecule has 0 fully saturated rings. The van der Waals surface area contributed by atoms with Crippen molar-refractivity contribution in [3.63, 3.8) is 0 Å². The van der Waals surface area contributed by atoms with Crippen molar-refractivity contribution in [2.45, 2.75) is 32.8 Å². The number of ether oxygens (including phenoxy) is 2. The number of carbonyl (C=O) groups is 1. The Bertz CT molecular complexity index is 730. The van der Waals surface area contributed by atoms with Crippen molar-refractivity contribution in [1.29, 1.82) is 0 Å². The number of methoxy groups -OCH3 is 1. The quantitative estimate of drug-likeness (QED) is 0.774. The van der Waals surface area contributed by atoms with Crippen LogP contribution in [0.5, 0.6) is 11.5 Å². The van der Waals surface area contributed by atoms with Crippen molar-refractivity contribution in [1.82, 2.24) is 0 Å². The lowest BCUT2D eigenvalue weighted by molar-refractivity contribution is 0.0697. The van der Waals surface area contributed by atoms with Crippen LogP contribution in [0.4, 0.5) is 0 Å². The van der Waals surface area contributed by atoms with E-state index in [-0.39, 0.29) is 11.0 Å². The van der Waals surface area contributed by atoms with Gasteiger partial charge in [0.05, 0.1) is 17.1 Å². The Kier molecular flexibility index (Phi) is 5.54. The van der Waals surface area contributed by atoms with Gasteiger partial charge >= 0.3 is 5.97 Å². The summed E-state index contributed by atoms with van der Waals surface area (Å²) in [5.74, 6) is 0.603. The Morgan fingerprint density at radius 1 is 1.17 bits per heavy atom. The second-order valence-corrected chi connectivity index (χ2v) is 7.38. The molecule has 0 heterocycles. The molecule has 0 bridgehead atoms. The van der Waals surface area contributed by atoms with E-state index in [0.29, 0.717) is 6.61 Å². The minimum atomic E-state index is -0.935. The summed E-state index contributed by atoms with van der Waals surface area (Å²) in [6, 6.07) is 10.5. The summed E-state index contributed by atoms with van der Waals surface area (Å²) in [5.41, 5.74) is 2.10. The number of carboxylic acid groups (broad SMARTS) is 1. The number of carboxylic acids is 1. The zero-order valence-corrected chi connectivity index (χ0v) is 15.8. The Morgan fingerprint density at radius 3 is 2.29 bits per heavy atom. The Hall–Kier alpha value is -2.01. The molecule has 0 saturated carbocycles. The van der Waals surface area contributed by atoms with Gasteiger partial charge in [-0.3, -0.25) is 0 Å². The van der Waals surface area contributed by atoms with Crippen LogP contribution in [0.15, 0.2) is 40.9 Å². The van der Waals surface area contributed by atoms with E-state index in [4.69, 9.17) is 14.6 Å². The molecule has 0 atom stereocenters. The number of hydrogen-bond donors (Lipinski definition) is 1. The highest BCUT2D eigenvalue weighted by molar-refractivity contribution is 9.10. The molecule has 0 aromatic heterocycles. The van der Waals surface area contributed by atoms with Crippen LogP contribution in [-0.2, 0) is 12.0 Å². The minimum Gasteiger partial charge on any atom is -0.497 e. The molecule has 0 aliphatic heterocycles. The molecule has 0 radical (unpaired) electrons. The van der Waals surface area contributed by atoms with Crippen molar-refractivity contribution in [3.05, 3.63) is 57.6 Å². The third kappa shape index (κ3) is 4.29. The second-order valence-electron chi connectivity index (χ2n) is 6.53. The van der Waals surface area contributed by atoms with Crippen molar-refractivity contribution in [2.75, 3.05) is 7.11 Å². The van der Waals surface area contributed by atoms with E-state index in [9.17, 15) is 4.79 Å². The van der Waals surface area contributed by atoms with Crippen molar-refractivity contribution < 1.29 is 19.4 Å². The lowest BCUT2D eigenvalue weighted by Crippen LogP contribution is -2.14. The predicted molar refractivity (Wildman–Crippen MR) is 97.1 cm³/mol. The third-order valence-corrected chi connectivity index (χ3v) is 4.23. The van der Waals surface area contributed by atoms with Crippen LogP contribution in [0.2, 0.25) is 0 Å². The van der Waals surface area contributed by atoms with Crippen molar-refractivity contribution >= 4 is 21.9 Å². The Balaban J connectivity index is 2.27. The monoisotopic (exact) mass is 392 g/mol. The summed E-state index contributed by atoms with van der Waals surface area (Å²) < 4.78 is 12.2. The highest BCUT2D eigenvalue weighted by Gasteiger charge is 2.22. The zero-order valence-electron chi connectivity index (χ0n) is 14.2. The van der Waals surface area contributed by atoms with E-state index in [2.05, 4.69) is 36.7 Å². The summed E-state index contributed by atoms with van der Waals surface area (Å²) in [6.45, 7) is 6.70. The van der Waals surface area contributed by atoms with Gasteiger partial charge in [0.1, 0.15) is 18.1 Å². The van der Waals surface area contributed by atoms with Crippen LogP contribution < -0.4 is 9.47 Å². The number of aromatic carboxylic acids is 1. The first-order valence-electron chi connectivity index (χ1n) is 7.55. The molecule has 0 aliphatic rings. The smallest absolute Gasteiger partial charge is 0.335 e. The van der Waals surface area contributed by atoms with Gasteiger partial charge in [0.15, 0.2) is 0 Å². The maximum absolute atomic E-state index is 10.9. The molecular formula is C19H21BrO4. The molecule has 0 saturated heterocycles. The predicted octanol–water partition coefficient (Wildman–Crippen LogP) is 5.03. The first-order chi connectivity index (χ1) is 11.2. The topological polar surface area (TPSA) is 55.8 Å². The van der Waals surface area contributed by atoms with Gasteiger partial charge < -0.3 is 14.6 Å². The maximum Gasteiger partial charge on any atom is 0.335 e. The summed E-state index contributed by atoms with van der Waals surface area (Å²) in [5, 5.41) is 8.95. The van der Waals surface area contributed by atoms with Gasteiger partial charge in [-0.05, 0) is 51.2 Å². The van der Waals surface area contributed by atoms with Gasteiger partial charge in [0, 0.05) is 5.56 Å². The van der Waals surface area contributed by atoms with E-state index < -0.39 is 5.97 Å². The SMILES string of the molecule is COc1cc(Br)c(OCc2ccc(C(=O)O)cc2)c(C(C)(C)C)c1. The highest BCUT2D eigenvalue weighted by Crippen LogP contribution is 2.40. The Labute approximate surface area is 150 Å². The highest BCUT2D eigenvalue weighted by atomic mass is 79.9. The summed E-state index contributed by atoms with van der Waals surface area (Å²) in [7, 11) is 1.64. The lowest BCUT2D eigenvalue weighted by Gasteiger charge is -2.24. The minimum absolute atomic E-state index is 0.112. The summed E-state index contributed by atoms with van der Waals surface area (Å²) in [4.78, 5) is 10.9. The Morgan fingerprint density at radius 2 is 1.79 bits per heavy atom. The van der Waals surface area contributed by atoms with Gasteiger partial charge in [-0.15, -0.1) is 0 Å². The van der Waals surface area contributed by atoms with Crippen molar-refractivity contribution in [3.8, 4) is 11.5 Å². The molecule has 128 valence electrons. The van der Waals surface area contributed by atoms with Gasteiger partial charge in [-0.2, -0.15) is 0 Å². The molecule has 2 aromatic rings. The average Bonchev–Trinajstić information content (AvgIpc) is 2.52. The van der Waals surface area contributed by atoms with Gasteiger partial charge in [-0.1, -0.05) is 32.9 Å². The van der Waals surface area contributed by atoms with Crippen LogP contribution in [0.1, 0.15) is 42.3 Å². The molecule has 24 heavy (non-hydrogen) atoms. The van der Waals surface area contributed by atoms with Gasteiger partial charge in [0.25, 0.3) is 0 Å². The molecule has 5 heteroatoms. The number of halogens is 1. The maximum atomic E-state index is 10.9. The number of hydrogen-bond acceptors (Lipinski definition) is 3. The molecular weight excluding hydrogens is 372 g/mol. The van der Waals surface area contributed by atoms with Crippen molar-refractivity contribution in [2.24, 2.45) is 0 Å². The average molecular weight is 393 g/mol. The second kappa shape index (κ2) is 7.26. The molecule has 0 spiro atoms. The fourth-order valence-corrected chi connectivity index (χ4v) is 2.84. The van der Waals surface area contributed by atoms with E-state index >= 15 is 0 Å². The number of rotatable bonds is 5. The zero-order chi connectivity index (χ0) is 17.9. The largest absolute Gasteiger partial charge is 0.497 e. The standard InChI is InChI=1S/C19H21BrO4/c1-19(2,3)15-9-14(23-4)10-16(20)17(15)24-11-12-5-7-13(8-6-12)18(21)22/h5-10H,11H2,1-4H3,(H,21,22). The summed E-state index contributed by atoms with van der Waals surface area (Å²) in [6.07, 6.45) is 0. The normalized spacial score (nSPS) is 11.2. The number of benzene rings is 2. The van der Waals surface area contributed by atoms with E-state index in [1.165, 1.54) is 0 Å². The molecule has 0 aliphatic carbocycles. The van der Waals surface area contributed by atoms with E-state index in [0.717, 1.165) is 27.1 Å². The molecule has 2 rings (SSSR count). The first-order valence-corrected chi connectivity index (χ1v) is 8.34. The summed E-state index contributed by atoms with van der Waals surface area (Å²) >= 11 is 3.55. The third-order valence-electron chi connectivity index (χ3n) is 3.64. The first kappa shape index (κ1) is 18.3. The van der Waals surface area contributed by atoms with Gasteiger partial charge in [0.2, 0.25) is 0 Å². The van der Waals surface area contributed by atoms with Crippen LogP contribution in [-0.4, -0.2) is 18.2 Å². The van der Waals surface area contributed by atoms with E-state index in [1.807, 2.05) is 12.1 Å². The van der Waals surface area contributed by atoms with Crippen LogP contribution in [0, 0.1) is 0 Å². The molecule has 2 aromatic carbocycles. The lowest BCUT2D eigenvalue weighted by atomic mass is 9.86. The van der Waals surface area contributed by atoms with Crippen LogP contribution in [0.3, 0.4) is 0 Å².